The third-order valence-corrected chi connectivity index (χ3v) is 4.19. The fourth-order valence-corrected chi connectivity index (χ4v) is 3.03. The molecule has 2 aromatic rings. The van der Waals surface area contributed by atoms with Gasteiger partial charge < -0.3 is 19.7 Å². The van der Waals surface area contributed by atoms with Gasteiger partial charge >= 0.3 is 0 Å². The molecule has 0 unspecified atom stereocenters. The van der Waals surface area contributed by atoms with E-state index in [-0.39, 0.29) is 31.1 Å². The van der Waals surface area contributed by atoms with Crippen molar-refractivity contribution in [2.45, 2.75) is 13.8 Å². The van der Waals surface area contributed by atoms with Gasteiger partial charge in [-0.15, -0.1) is 11.3 Å². The molecule has 7 nitrogen and oxygen atoms in total. The number of benzene rings is 1. The van der Waals surface area contributed by atoms with Crippen LogP contribution in [0.25, 0.3) is 0 Å². The molecule has 0 aliphatic carbocycles. The summed E-state index contributed by atoms with van der Waals surface area (Å²) in [6, 6.07) is 5.04. The lowest BCUT2D eigenvalue weighted by Gasteiger charge is -2.24. The number of anilines is 1. The third kappa shape index (κ3) is 4.27. The Hall–Kier alpha value is -2.61. The smallest absolute Gasteiger partial charge is 0.254 e. The van der Waals surface area contributed by atoms with Crippen molar-refractivity contribution < 1.29 is 19.1 Å². The summed E-state index contributed by atoms with van der Waals surface area (Å²) in [4.78, 5) is 30.6. The van der Waals surface area contributed by atoms with E-state index in [2.05, 4.69) is 10.3 Å². The Morgan fingerprint density at radius 2 is 2.12 bits per heavy atom. The fourth-order valence-electron chi connectivity index (χ4n) is 2.49. The minimum atomic E-state index is -0.273. The molecule has 0 bridgehead atoms. The summed E-state index contributed by atoms with van der Waals surface area (Å²) in [7, 11) is 0. The molecule has 1 aromatic carbocycles. The predicted molar refractivity (Wildman–Crippen MR) is 94.1 cm³/mol. The fraction of sp³-hybridized carbons (Fsp3) is 0.353. The molecule has 1 aliphatic rings. The average molecular weight is 361 g/mol. The molecule has 0 saturated heterocycles. The highest BCUT2D eigenvalue weighted by molar-refractivity contribution is 7.13. The number of thiazole rings is 1. The van der Waals surface area contributed by atoms with Gasteiger partial charge in [-0.25, -0.2) is 4.98 Å². The number of fused-ring (bicyclic) bond motifs is 1. The molecule has 2 amide bonds. The monoisotopic (exact) mass is 361 g/mol. The van der Waals surface area contributed by atoms with Crippen molar-refractivity contribution in [1.82, 2.24) is 9.88 Å². The van der Waals surface area contributed by atoms with E-state index in [4.69, 9.17) is 9.47 Å². The number of aromatic nitrogens is 1. The molecule has 0 saturated carbocycles. The number of ether oxygens (including phenoxy) is 2. The number of hydrogen-bond donors (Lipinski definition) is 1. The molecule has 1 N–H and O–H groups in total. The summed E-state index contributed by atoms with van der Waals surface area (Å²) in [6.45, 7) is 4.58. The first kappa shape index (κ1) is 17.2. The molecule has 8 heteroatoms. The number of carbonyl (C=O) groups excluding carboxylic acids is 2. The van der Waals surface area contributed by atoms with Gasteiger partial charge in [0.1, 0.15) is 6.54 Å². The molecule has 0 fully saturated rings. The Morgan fingerprint density at radius 3 is 2.84 bits per heavy atom. The average Bonchev–Trinajstić information content (AvgIpc) is 3.23. The molecule has 1 aromatic heterocycles. The van der Waals surface area contributed by atoms with Crippen LogP contribution >= 0.6 is 11.3 Å². The molecule has 0 spiro atoms. The summed E-state index contributed by atoms with van der Waals surface area (Å²) < 4.78 is 10.6. The first-order valence-corrected chi connectivity index (χ1v) is 8.79. The van der Waals surface area contributed by atoms with Crippen molar-refractivity contribution in [3.8, 4) is 11.5 Å². The largest absolute Gasteiger partial charge is 0.454 e. The minimum Gasteiger partial charge on any atom is -0.454 e. The molecule has 132 valence electrons. The van der Waals surface area contributed by atoms with Crippen molar-refractivity contribution in [2.75, 3.05) is 25.2 Å². The van der Waals surface area contributed by atoms with Crippen LogP contribution in [-0.2, 0) is 4.79 Å². The number of carbonyl (C=O) groups is 2. The normalized spacial score (nSPS) is 12.3. The van der Waals surface area contributed by atoms with Crippen LogP contribution in [0.5, 0.6) is 11.5 Å². The van der Waals surface area contributed by atoms with Gasteiger partial charge in [0.25, 0.3) is 5.91 Å². The molecule has 25 heavy (non-hydrogen) atoms. The lowest BCUT2D eigenvalue weighted by atomic mass is 10.1. The molecule has 0 radical (unpaired) electrons. The number of nitrogens with one attached hydrogen (secondary N) is 1. The maximum absolute atomic E-state index is 12.9. The Morgan fingerprint density at radius 1 is 1.32 bits per heavy atom. The number of nitrogens with zero attached hydrogens (tertiary/aromatic N) is 2. The van der Waals surface area contributed by atoms with Gasteiger partial charge in [-0.1, -0.05) is 13.8 Å². The van der Waals surface area contributed by atoms with Gasteiger partial charge in [0.15, 0.2) is 16.6 Å². The van der Waals surface area contributed by atoms with Crippen LogP contribution in [0.1, 0.15) is 24.2 Å². The summed E-state index contributed by atoms with van der Waals surface area (Å²) >= 11 is 1.33. The lowest BCUT2D eigenvalue weighted by molar-refractivity contribution is -0.117. The summed E-state index contributed by atoms with van der Waals surface area (Å²) in [5.74, 6) is 0.896. The van der Waals surface area contributed by atoms with E-state index >= 15 is 0 Å². The Bertz CT molecular complexity index is 761. The van der Waals surface area contributed by atoms with E-state index in [0.717, 1.165) is 0 Å². The summed E-state index contributed by atoms with van der Waals surface area (Å²) in [6.07, 6.45) is 1.62. The summed E-state index contributed by atoms with van der Waals surface area (Å²) in [5, 5.41) is 5.00. The van der Waals surface area contributed by atoms with Crippen LogP contribution in [0.15, 0.2) is 29.8 Å². The highest BCUT2D eigenvalue weighted by Gasteiger charge is 2.23. The Kier molecular flexibility index (Phi) is 5.18. The van der Waals surface area contributed by atoms with Crippen LogP contribution in [-0.4, -0.2) is 41.6 Å². The van der Waals surface area contributed by atoms with E-state index in [9.17, 15) is 9.59 Å². The maximum atomic E-state index is 12.9. The zero-order valence-corrected chi connectivity index (χ0v) is 14.8. The van der Waals surface area contributed by atoms with Crippen molar-refractivity contribution in [3.05, 3.63) is 35.3 Å². The highest BCUT2D eigenvalue weighted by Crippen LogP contribution is 2.32. The van der Waals surface area contributed by atoms with E-state index in [1.807, 2.05) is 13.8 Å². The lowest BCUT2D eigenvalue weighted by Crippen LogP contribution is -2.40. The number of hydrogen-bond acceptors (Lipinski definition) is 6. The van der Waals surface area contributed by atoms with Gasteiger partial charge in [-0.05, 0) is 24.1 Å². The zero-order valence-electron chi connectivity index (χ0n) is 14.0. The first-order valence-electron chi connectivity index (χ1n) is 7.91. The van der Waals surface area contributed by atoms with E-state index < -0.39 is 0 Å². The molecule has 0 atom stereocenters. The Balaban J connectivity index is 1.72. The number of amides is 2. The number of rotatable bonds is 6. The Labute approximate surface area is 149 Å². The molecular formula is C17H19N3O4S. The second kappa shape index (κ2) is 7.52. The topological polar surface area (TPSA) is 80.8 Å². The first-order chi connectivity index (χ1) is 12.0. The molecule has 3 rings (SSSR count). The van der Waals surface area contributed by atoms with Crippen LogP contribution < -0.4 is 14.8 Å². The molecular weight excluding hydrogens is 342 g/mol. The maximum Gasteiger partial charge on any atom is 0.254 e. The van der Waals surface area contributed by atoms with Crippen molar-refractivity contribution in [2.24, 2.45) is 5.92 Å². The summed E-state index contributed by atoms with van der Waals surface area (Å²) in [5.41, 5.74) is 0.465. The quantitative estimate of drug-likeness (QED) is 0.855. The van der Waals surface area contributed by atoms with Gasteiger partial charge in [-0.2, -0.15) is 0 Å². The van der Waals surface area contributed by atoms with Gasteiger partial charge in [0.2, 0.25) is 12.7 Å². The van der Waals surface area contributed by atoms with Crippen LogP contribution in [0.4, 0.5) is 5.13 Å². The van der Waals surface area contributed by atoms with Crippen molar-refractivity contribution in [1.29, 1.82) is 0 Å². The van der Waals surface area contributed by atoms with Gasteiger partial charge in [-0.3, -0.25) is 9.59 Å². The van der Waals surface area contributed by atoms with Gasteiger partial charge in [0, 0.05) is 23.7 Å². The van der Waals surface area contributed by atoms with Crippen molar-refractivity contribution >= 4 is 28.3 Å². The van der Waals surface area contributed by atoms with Crippen LogP contribution in [0, 0.1) is 5.92 Å². The SMILES string of the molecule is CC(C)CN(CC(=O)Nc1nccs1)C(=O)c1ccc2c(c1)OCO2. The van der Waals surface area contributed by atoms with Crippen LogP contribution in [0.2, 0.25) is 0 Å². The standard InChI is InChI=1S/C17H19N3O4S/c1-11(2)8-20(9-15(21)19-17-18-5-6-25-17)16(22)12-3-4-13-14(7-12)24-10-23-13/h3-7,11H,8-10H2,1-2H3,(H,18,19,21). The molecule has 2 heterocycles. The highest BCUT2D eigenvalue weighted by atomic mass is 32.1. The second-order valence-corrected chi connectivity index (χ2v) is 6.93. The predicted octanol–water partition coefficient (Wildman–Crippen LogP) is 2.61. The van der Waals surface area contributed by atoms with Gasteiger partial charge in [0.05, 0.1) is 0 Å². The second-order valence-electron chi connectivity index (χ2n) is 6.03. The van der Waals surface area contributed by atoms with E-state index in [1.54, 1.807) is 29.8 Å². The zero-order chi connectivity index (χ0) is 17.8. The van der Waals surface area contributed by atoms with Crippen LogP contribution in [0.3, 0.4) is 0 Å². The van der Waals surface area contributed by atoms with E-state index in [0.29, 0.717) is 28.7 Å². The minimum absolute atomic E-state index is 0.0367. The van der Waals surface area contributed by atoms with E-state index in [1.165, 1.54) is 16.2 Å². The third-order valence-electron chi connectivity index (χ3n) is 3.51. The van der Waals surface area contributed by atoms with Crippen molar-refractivity contribution in [3.63, 3.8) is 0 Å². The molecule has 1 aliphatic heterocycles.